The minimum Gasteiger partial charge on any atom is -0.354 e. The summed E-state index contributed by atoms with van der Waals surface area (Å²) in [4.78, 5) is 16.9. The summed E-state index contributed by atoms with van der Waals surface area (Å²) in [5.41, 5.74) is 8.72. The lowest BCUT2D eigenvalue weighted by molar-refractivity contribution is 0.0125. The van der Waals surface area contributed by atoms with Gasteiger partial charge in [-0.05, 0) is 62.2 Å². The van der Waals surface area contributed by atoms with Gasteiger partial charge in [0.15, 0.2) is 0 Å². The monoisotopic (exact) mass is 473 g/mol. The molecule has 0 spiro atoms. The molecule has 6 rings (SSSR count). The first-order valence-electron chi connectivity index (χ1n) is 12.2. The fourth-order valence-electron chi connectivity index (χ4n) is 5.74. The van der Waals surface area contributed by atoms with Gasteiger partial charge < -0.3 is 9.88 Å². The number of pyridine rings is 2. The lowest BCUT2D eigenvalue weighted by atomic mass is 10.0. The molecule has 180 valence electrons. The topological polar surface area (TPSA) is 48.1 Å². The van der Waals surface area contributed by atoms with Crippen molar-refractivity contribution in [3.63, 3.8) is 0 Å². The van der Waals surface area contributed by atoms with Gasteiger partial charge in [0, 0.05) is 77.4 Å². The number of aromatic amines is 1. The first kappa shape index (κ1) is 22.2. The van der Waals surface area contributed by atoms with Crippen LogP contribution in [0.5, 0.6) is 0 Å². The number of aryl methyl sites for hydroxylation is 3. The molecule has 0 radical (unpaired) electrons. The molecule has 2 aliphatic rings. The lowest BCUT2D eigenvalue weighted by Gasteiger charge is -2.37. The number of fused-ring (bicyclic) bond motifs is 2. The van der Waals surface area contributed by atoms with Crippen molar-refractivity contribution < 1.29 is 8.78 Å². The number of H-pyrrole nitrogens is 1. The molecule has 1 unspecified atom stereocenters. The Balaban J connectivity index is 1.25. The van der Waals surface area contributed by atoms with Crippen LogP contribution in [0.1, 0.15) is 23.4 Å². The molecule has 35 heavy (non-hydrogen) atoms. The van der Waals surface area contributed by atoms with E-state index in [4.69, 9.17) is 4.98 Å². The maximum absolute atomic E-state index is 13.8. The second kappa shape index (κ2) is 8.12. The summed E-state index contributed by atoms with van der Waals surface area (Å²) in [6.45, 7) is 8.06. The molecule has 5 heterocycles. The molecule has 0 aliphatic carbocycles. The largest absolute Gasteiger partial charge is 0.354 e. The first-order valence-corrected chi connectivity index (χ1v) is 12.2. The highest BCUT2D eigenvalue weighted by atomic mass is 19.3. The van der Waals surface area contributed by atoms with Crippen LogP contribution in [0.25, 0.3) is 33.3 Å². The van der Waals surface area contributed by atoms with E-state index >= 15 is 0 Å². The van der Waals surface area contributed by atoms with Crippen LogP contribution in [0, 0.1) is 20.8 Å². The fourth-order valence-corrected chi connectivity index (χ4v) is 5.74. The van der Waals surface area contributed by atoms with Crippen molar-refractivity contribution in [1.29, 1.82) is 0 Å². The van der Waals surface area contributed by atoms with Gasteiger partial charge in [0.2, 0.25) is 0 Å². The van der Waals surface area contributed by atoms with Gasteiger partial charge in [-0.3, -0.25) is 9.88 Å². The van der Waals surface area contributed by atoms with Gasteiger partial charge in [0.05, 0.1) is 6.54 Å². The molecule has 1 aromatic carbocycles. The van der Waals surface area contributed by atoms with E-state index in [9.17, 15) is 8.78 Å². The number of piperazine rings is 1. The third-order valence-corrected chi connectivity index (χ3v) is 7.41. The normalized spacial score (nSPS) is 19.9. The van der Waals surface area contributed by atoms with Crippen molar-refractivity contribution in [2.75, 3.05) is 31.1 Å². The quantitative estimate of drug-likeness (QED) is 0.412. The number of alkyl halides is 2. The molecule has 1 atom stereocenters. The van der Waals surface area contributed by atoms with Crippen molar-refractivity contribution >= 4 is 16.7 Å². The van der Waals surface area contributed by atoms with E-state index in [1.54, 1.807) is 0 Å². The lowest BCUT2D eigenvalue weighted by Crippen LogP contribution is -2.50. The smallest absolute Gasteiger partial charge is 0.262 e. The number of anilines is 1. The molecule has 7 heteroatoms. The van der Waals surface area contributed by atoms with Crippen LogP contribution >= 0.6 is 0 Å². The average Bonchev–Trinajstić information content (AvgIpc) is 3.32. The van der Waals surface area contributed by atoms with E-state index in [-0.39, 0.29) is 19.0 Å². The number of halogens is 2. The van der Waals surface area contributed by atoms with Crippen LogP contribution in [0.2, 0.25) is 0 Å². The van der Waals surface area contributed by atoms with Crippen LogP contribution in [-0.2, 0) is 0 Å². The van der Waals surface area contributed by atoms with E-state index in [1.165, 1.54) is 10.9 Å². The summed E-state index contributed by atoms with van der Waals surface area (Å²) < 4.78 is 27.6. The highest BCUT2D eigenvalue weighted by Gasteiger charge is 2.46. The number of nitrogens with one attached hydrogen (secondary N) is 1. The van der Waals surface area contributed by atoms with Crippen LogP contribution in [-0.4, -0.2) is 58.0 Å². The van der Waals surface area contributed by atoms with Crippen molar-refractivity contribution in [3.05, 3.63) is 65.6 Å². The zero-order valence-corrected chi connectivity index (χ0v) is 20.3. The maximum Gasteiger partial charge on any atom is 0.262 e. The molecule has 2 fully saturated rings. The molecule has 0 amide bonds. The van der Waals surface area contributed by atoms with E-state index in [1.807, 2.05) is 31.0 Å². The summed E-state index contributed by atoms with van der Waals surface area (Å²) >= 11 is 0. The Bertz CT molecular complexity index is 1390. The Morgan fingerprint density at radius 3 is 2.46 bits per heavy atom. The van der Waals surface area contributed by atoms with E-state index in [2.05, 4.69) is 58.2 Å². The van der Waals surface area contributed by atoms with Gasteiger partial charge in [-0.1, -0.05) is 12.1 Å². The Hall–Kier alpha value is -3.32. The standard InChI is InChI=1S/C28H29F2N5/c1-17-10-22(11-18(2)32-17)27-19(3)24-6-4-20(12-25(24)33-27)21-5-7-26(31-14-21)34-8-9-35-16-28(29,30)13-23(35)15-34/h4-7,10-12,14,23,33H,8-9,13,15-16H2,1-3H3. The highest BCUT2D eigenvalue weighted by molar-refractivity contribution is 5.93. The number of nitrogens with zero attached hydrogens (tertiary/aromatic N) is 4. The summed E-state index contributed by atoms with van der Waals surface area (Å²) in [6, 6.07) is 14.7. The highest BCUT2D eigenvalue weighted by Crippen LogP contribution is 2.36. The molecule has 0 saturated carbocycles. The van der Waals surface area contributed by atoms with Gasteiger partial charge >= 0.3 is 0 Å². The fraction of sp³-hybridized carbons (Fsp3) is 0.357. The molecule has 2 aliphatic heterocycles. The van der Waals surface area contributed by atoms with Gasteiger partial charge in [0.1, 0.15) is 5.82 Å². The Morgan fingerprint density at radius 2 is 1.71 bits per heavy atom. The second-order valence-corrected chi connectivity index (χ2v) is 10.1. The van der Waals surface area contributed by atoms with Crippen molar-refractivity contribution in [2.45, 2.75) is 39.2 Å². The Labute approximate surface area is 203 Å². The van der Waals surface area contributed by atoms with Gasteiger partial charge in [0.25, 0.3) is 5.92 Å². The number of hydrogen-bond donors (Lipinski definition) is 1. The Morgan fingerprint density at radius 1 is 0.943 bits per heavy atom. The minimum absolute atomic E-state index is 0.0578. The number of hydrogen-bond acceptors (Lipinski definition) is 4. The van der Waals surface area contributed by atoms with Crippen molar-refractivity contribution in [3.8, 4) is 22.4 Å². The van der Waals surface area contributed by atoms with Crippen LogP contribution in [0.3, 0.4) is 0 Å². The predicted molar refractivity (Wildman–Crippen MR) is 136 cm³/mol. The third kappa shape index (κ3) is 4.08. The predicted octanol–water partition coefficient (Wildman–Crippen LogP) is 5.75. The number of rotatable bonds is 3. The summed E-state index contributed by atoms with van der Waals surface area (Å²) in [5, 5.41) is 1.20. The Kier molecular flexibility index (Phi) is 5.14. The summed E-state index contributed by atoms with van der Waals surface area (Å²) in [6.07, 6.45) is 1.83. The van der Waals surface area contributed by atoms with E-state index < -0.39 is 5.92 Å². The average molecular weight is 474 g/mol. The third-order valence-electron chi connectivity index (χ3n) is 7.41. The molecule has 2 saturated heterocycles. The SMILES string of the molecule is Cc1cc(-c2[nH]c3cc(-c4ccc(N5CCN6CC(F)(F)CC6C5)nc4)ccc3c2C)cc(C)n1. The van der Waals surface area contributed by atoms with Gasteiger partial charge in [-0.15, -0.1) is 0 Å². The van der Waals surface area contributed by atoms with E-state index in [0.29, 0.717) is 13.1 Å². The second-order valence-electron chi connectivity index (χ2n) is 10.1. The summed E-state index contributed by atoms with van der Waals surface area (Å²) in [5.74, 6) is -1.71. The van der Waals surface area contributed by atoms with Crippen LogP contribution < -0.4 is 4.90 Å². The maximum atomic E-state index is 13.8. The number of benzene rings is 1. The molecule has 5 nitrogen and oxygen atoms in total. The molecule has 3 aromatic heterocycles. The van der Waals surface area contributed by atoms with E-state index in [0.717, 1.165) is 51.7 Å². The zero-order valence-electron chi connectivity index (χ0n) is 20.3. The number of aromatic nitrogens is 3. The van der Waals surface area contributed by atoms with Gasteiger partial charge in [-0.2, -0.15) is 0 Å². The molecule has 0 bridgehead atoms. The zero-order chi connectivity index (χ0) is 24.3. The van der Waals surface area contributed by atoms with Crippen LogP contribution in [0.4, 0.5) is 14.6 Å². The molecular weight excluding hydrogens is 444 g/mol. The van der Waals surface area contributed by atoms with Crippen LogP contribution in [0.15, 0.2) is 48.7 Å². The first-order chi connectivity index (χ1) is 16.8. The van der Waals surface area contributed by atoms with Gasteiger partial charge in [-0.25, -0.2) is 13.8 Å². The molecule has 1 N–H and O–H groups in total. The molecular formula is C28H29F2N5. The summed E-state index contributed by atoms with van der Waals surface area (Å²) in [7, 11) is 0. The van der Waals surface area contributed by atoms with Crippen molar-refractivity contribution in [2.24, 2.45) is 0 Å². The van der Waals surface area contributed by atoms with Crippen molar-refractivity contribution in [1.82, 2.24) is 19.9 Å². The minimum atomic E-state index is -2.57. The molecule has 4 aromatic rings.